The number of hydrogen-bond donors (Lipinski definition) is 2. The Kier molecular flexibility index (Phi) is 4.28. The highest BCUT2D eigenvalue weighted by molar-refractivity contribution is 7.89. The molecule has 0 aromatic carbocycles. The number of carbonyl (C=O) groups is 1. The Hall–Kier alpha value is -0.660. The smallest absolute Gasteiger partial charge is 0.320 e. The molecule has 6 nitrogen and oxygen atoms in total. The van der Waals surface area contributed by atoms with Gasteiger partial charge >= 0.3 is 5.97 Å². The van der Waals surface area contributed by atoms with E-state index in [0.29, 0.717) is 12.8 Å². The van der Waals surface area contributed by atoms with Crippen molar-refractivity contribution in [1.82, 2.24) is 4.31 Å². The number of sulfonamides is 1. The van der Waals surface area contributed by atoms with E-state index in [0.717, 1.165) is 17.1 Å². The molecule has 1 rings (SSSR count). The number of aliphatic carboxylic acids is 1. The number of carboxylic acids is 1. The molecular formula is C9H17NO5S. The number of likely N-dealkylation sites (N-methyl/N-ethyl adjacent to an activating group) is 1. The maximum atomic E-state index is 11.6. The van der Waals surface area contributed by atoms with Gasteiger partial charge in [0.1, 0.15) is 0 Å². The Morgan fingerprint density at radius 3 is 2.44 bits per heavy atom. The van der Waals surface area contributed by atoms with Gasteiger partial charge in [-0.15, -0.1) is 0 Å². The molecule has 0 heterocycles. The summed E-state index contributed by atoms with van der Waals surface area (Å²) in [5.41, 5.74) is 0. The van der Waals surface area contributed by atoms with Gasteiger partial charge in [-0.05, 0) is 12.8 Å². The minimum atomic E-state index is -3.82. The Morgan fingerprint density at radius 2 is 1.94 bits per heavy atom. The Labute approximate surface area is 94.9 Å². The molecule has 0 radical (unpaired) electrons. The van der Waals surface area contributed by atoms with Gasteiger partial charge in [-0.25, -0.2) is 8.42 Å². The first kappa shape index (κ1) is 13.4. The largest absolute Gasteiger partial charge is 0.480 e. The third kappa shape index (κ3) is 3.16. The van der Waals surface area contributed by atoms with Crippen LogP contribution in [-0.4, -0.2) is 53.9 Å². The van der Waals surface area contributed by atoms with Crippen LogP contribution in [0, 0.1) is 0 Å². The second kappa shape index (κ2) is 5.11. The van der Waals surface area contributed by atoms with Crippen LogP contribution in [-0.2, 0) is 14.8 Å². The van der Waals surface area contributed by atoms with Gasteiger partial charge in [0.25, 0.3) is 0 Å². The van der Waals surface area contributed by atoms with Crippen molar-refractivity contribution in [2.24, 2.45) is 0 Å². The third-order valence-corrected chi connectivity index (χ3v) is 4.67. The molecule has 2 atom stereocenters. The van der Waals surface area contributed by atoms with Crippen molar-refractivity contribution >= 4 is 16.0 Å². The van der Waals surface area contributed by atoms with Crippen LogP contribution in [0.4, 0.5) is 0 Å². The summed E-state index contributed by atoms with van der Waals surface area (Å²) < 4.78 is 24.2. The van der Waals surface area contributed by atoms with E-state index in [1.807, 2.05) is 0 Å². The van der Waals surface area contributed by atoms with Crippen LogP contribution in [0.25, 0.3) is 0 Å². The molecular weight excluding hydrogens is 234 g/mol. The average molecular weight is 251 g/mol. The number of rotatable bonds is 4. The van der Waals surface area contributed by atoms with E-state index >= 15 is 0 Å². The quantitative estimate of drug-likeness (QED) is 0.711. The molecule has 94 valence electrons. The van der Waals surface area contributed by atoms with E-state index < -0.39 is 33.9 Å². The van der Waals surface area contributed by atoms with Crippen molar-refractivity contribution in [3.05, 3.63) is 0 Å². The van der Waals surface area contributed by atoms with Gasteiger partial charge < -0.3 is 10.2 Å². The Morgan fingerprint density at radius 1 is 1.38 bits per heavy atom. The van der Waals surface area contributed by atoms with E-state index in [-0.39, 0.29) is 0 Å². The SMILES string of the molecule is CN(C1CCCCC1O)S(=O)(=O)CC(=O)O. The highest BCUT2D eigenvalue weighted by Crippen LogP contribution is 2.24. The van der Waals surface area contributed by atoms with Gasteiger partial charge in [0.05, 0.1) is 12.1 Å². The zero-order valence-electron chi connectivity index (χ0n) is 9.16. The lowest BCUT2D eigenvalue weighted by Gasteiger charge is -2.34. The van der Waals surface area contributed by atoms with Crippen LogP contribution in [0.1, 0.15) is 25.7 Å². The third-order valence-electron chi connectivity index (χ3n) is 2.91. The number of nitrogens with zero attached hydrogens (tertiary/aromatic N) is 1. The van der Waals surface area contributed by atoms with Crippen molar-refractivity contribution in [3.63, 3.8) is 0 Å². The molecule has 0 aromatic rings. The standard InChI is InChI=1S/C9H17NO5S/c1-10(16(14,15)6-9(12)13)7-4-2-3-5-8(7)11/h7-8,11H,2-6H2,1H3,(H,12,13). The second-order valence-corrected chi connectivity index (χ2v) is 6.11. The normalized spacial score (nSPS) is 26.9. The lowest BCUT2D eigenvalue weighted by molar-refractivity contribution is -0.134. The fraction of sp³-hybridized carbons (Fsp3) is 0.889. The zero-order valence-corrected chi connectivity index (χ0v) is 9.98. The summed E-state index contributed by atoms with van der Waals surface area (Å²) in [6.07, 6.45) is 2.19. The minimum Gasteiger partial charge on any atom is -0.480 e. The first-order valence-electron chi connectivity index (χ1n) is 5.20. The molecule has 2 N–H and O–H groups in total. The van der Waals surface area contributed by atoms with Crippen LogP contribution in [0.5, 0.6) is 0 Å². The van der Waals surface area contributed by atoms with Crippen LogP contribution >= 0.6 is 0 Å². The molecule has 1 aliphatic carbocycles. The van der Waals surface area contributed by atoms with Gasteiger partial charge in [-0.2, -0.15) is 4.31 Å². The average Bonchev–Trinajstić information content (AvgIpc) is 2.15. The molecule has 0 amide bonds. The number of aliphatic hydroxyl groups excluding tert-OH is 1. The van der Waals surface area contributed by atoms with Crippen molar-refractivity contribution < 1.29 is 23.4 Å². The van der Waals surface area contributed by atoms with Gasteiger partial charge in [-0.3, -0.25) is 4.79 Å². The van der Waals surface area contributed by atoms with Crippen LogP contribution in [0.2, 0.25) is 0 Å². The van der Waals surface area contributed by atoms with Crippen molar-refractivity contribution in [2.75, 3.05) is 12.8 Å². The monoisotopic (exact) mass is 251 g/mol. The zero-order chi connectivity index (χ0) is 12.3. The van der Waals surface area contributed by atoms with E-state index in [9.17, 15) is 18.3 Å². The second-order valence-electron chi connectivity index (χ2n) is 4.09. The van der Waals surface area contributed by atoms with Crippen LogP contribution in [0.15, 0.2) is 0 Å². The van der Waals surface area contributed by atoms with Gasteiger partial charge in [0, 0.05) is 7.05 Å². The molecule has 7 heteroatoms. The van der Waals surface area contributed by atoms with Crippen molar-refractivity contribution in [1.29, 1.82) is 0 Å². The molecule has 2 unspecified atom stereocenters. The van der Waals surface area contributed by atoms with Gasteiger partial charge in [0.15, 0.2) is 5.75 Å². The molecule has 16 heavy (non-hydrogen) atoms. The fourth-order valence-electron chi connectivity index (χ4n) is 1.98. The van der Waals surface area contributed by atoms with E-state index in [4.69, 9.17) is 5.11 Å². The molecule has 0 saturated heterocycles. The van der Waals surface area contributed by atoms with Gasteiger partial charge in [-0.1, -0.05) is 12.8 Å². The maximum absolute atomic E-state index is 11.6. The molecule has 1 fully saturated rings. The number of carboxylic acid groups (broad SMARTS) is 1. The van der Waals surface area contributed by atoms with Gasteiger partial charge in [0.2, 0.25) is 10.0 Å². The molecule has 1 saturated carbocycles. The highest BCUT2D eigenvalue weighted by atomic mass is 32.2. The summed E-state index contributed by atoms with van der Waals surface area (Å²) >= 11 is 0. The summed E-state index contributed by atoms with van der Waals surface area (Å²) in [5, 5.41) is 18.2. The molecule has 1 aliphatic rings. The summed E-state index contributed by atoms with van der Waals surface area (Å²) in [5.74, 6) is -2.30. The Bertz CT molecular complexity index is 353. The predicted molar refractivity (Wildman–Crippen MR) is 57.4 cm³/mol. The van der Waals surface area contributed by atoms with Crippen molar-refractivity contribution in [3.8, 4) is 0 Å². The number of hydrogen-bond acceptors (Lipinski definition) is 4. The van der Waals surface area contributed by atoms with Crippen LogP contribution in [0.3, 0.4) is 0 Å². The van der Waals surface area contributed by atoms with Crippen molar-refractivity contribution in [2.45, 2.75) is 37.8 Å². The lowest BCUT2D eigenvalue weighted by atomic mass is 9.93. The first-order chi connectivity index (χ1) is 7.34. The van der Waals surface area contributed by atoms with E-state index in [1.165, 1.54) is 7.05 Å². The highest BCUT2D eigenvalue weighted by Gasteiger charge is 2.34. The summed E-state index contributed by atoms with van der Waals surface area (Å²) in [4.78, 5) is 10.4. The van der Waals surface area contributed by atoms with E-state index in [2.05, 4.69) is 0 Å². The molecule has 0 aromatic heterocycles. The number of aliphatic hydroxyl groups is 1. The lowest BCUT2D eigenvalue weighted by Crippen LogP contribution is -2.47. The minimum absolute atomic E-state index is 0.488. The molecule has 0 bridgehead atoms. The van der Waals surface area contributed by atoms with E-state index in [1.54, 1.807) is 0 Å². The first-order valence-corrected chi connectivity index (χ1v) is 6.81. The Balaban J connectivity index is 2.75. The summed E-state index contributed by atoms with van der Waals surface area (Å²) in [7, 11) is -2.49. The van der Waals surface area contributed by atoms with Crippen LogP contribution < -0.4 is 0 Å². The fourth-order valence-corrected chi connectivity index (χ4v) is 3.15. The maximum Gasteiger partial charge on any atom is 0.320 e. The summed E-state index contributed by atoms with van der Waals surface area (Å²) in [6.45, 7) is 0. The topological polar surface area (TPSA) is 94.9 Å². The molecule has 0 spiro atoms. The predicted octanol–water partition coefficient (Wildman–Crippen LogP) is -0.364. The molecule has 0 aliphatic heterocycles. The summed E-state index contributed by atoms with van der Waals surface area (Å²) in [6, 6.07) is -0.488.